The molecule has 1 heterocycles. The Hall–Kier alpha value is -3.43. The molecule has 0 unspecified atom stereocenters. The molecule has 4 rings (SSSR count). The van der Waals surface area contributed by atoms with Crippen LogP contribution in [0.3, 0.4) is 0 Å². The lowest BCUT2D eigenvalue weighted by molar-refractivity contribution is -0.121. The molecule has 6 nitrogen and oxygen atoms in total. The summed E-state index contributed by atoms with van der Waals surface area (Å²) in [6, 6.07) is 18.3. The molecule has 0 spiro atoms. The number of nitrogens with zero attached hydrogens (tertiary/aromatic N) is 2. The Balaban J connectivity index is 1.56. The summed E-state index contributed by atoms with van der Waals surface area (Å²) in [5.41, 5.74) is 2.41. The van der Waals surface area contributed by atoms with Crippen molar-refractivity contribution in [2.45, 2.75) is 6.61 Å². The average Bonchev–Trinajstić information content (AvgIpc) is 3.11. The van der Waals surface area contributed by atoms with Crippen LogP contribution in [0.5, 0.6) is 5.75 Å². The van der Waals surface area contributed by atoms with Gasteiger partial charge in [0.1, 0.15) is 18.2 Å². The van der Waals surface area contributed by atoms with Crippen molar-refractivity contribution in [1.29, 1.82) is 0 Å². The summed E-state index contributed by atoms with van der Waals surface area (Å²) >= 11 is 4.70. The average molecular weight is 555 g/mol. The largest absolute Gasteiger partial charge is 0.488 e. The maximum atomic E-state index is 13.5. The standard InChI is InChI=1S/C26H20BrFN2O4S/c1-30-24(31)23(35-26(30)29-21-9-6-17(7-10-21)25(32)33-2)14-18-13-19(27)8-11-22(18)34-15-16-4-3-5-20(28)12-16/h3-14H,15H2,1-2H3. The first-order chi connectivity index (χ1) is 16.8. The lowest BCUT2D eigenvalue weighted by Gasteiger charge is -2.10. The summed E-state index contributed by atoms with van der Waals surface area (Å²) < 4.78 is 25.0. The molecule has 0 atom stereocenters. The molecule has 1 saturated heterocycles. The predicted octanol–water partition coefficient (Wildman–Crippen LogP) is 6.19. The third kappa shape index (κ3) is 5.98. The molecule has 1 amide bonds. The fraction of sp³-hybridized carbons (Fsp3) is 0.115. The van der Waals surface area contributed by atoms with Crippen molar-refractivity contribution in [3.63, 3.8) is 0 Å². The summed E-state index contributed by atoms with van der Waals surface area (Å²) in [4.78, 5) is 31.0. The molecule has 3 aromatic carbocycles. The first-order valence-corrected chi connectivity index (χ1v) is 12.1. The Morgan fingerprint density at radius 1 is 1.14 bits per heavy atom. The molecule has 1 aliphatic heterocycles. The number of benzene rings is 3. The van der Waals surface area contributed by atoms with E-state index in [2.05, 4.69) is 20.9 Å². The zero-order chi connectivity index (χ0) is 24.9. The third-order valence-electron chi connectivity index (χ3n) is 5.06. The van der Waals surface area contributed by atoms with Gasteiger partial charge in [0.05, 0.1) is 23.3 Å². The summed E-state index contributed by atoms with van der Waals surface area (Å²) in [6.45, 7) is 0.185. The molecular formula is C26H20BrFN2O4S. The maximum Gasteiger partial charge on any atom is 0.337 e. The van der Waals surface area contributed by atoms with Crippen LogP contribution in [0.1, 0.15) is 21.5 Å². The number of esters is 1. The van der Waals surface area contributed by atoms with Gasteiger partial charge in [-0.25, -0.2) is 14.2 Å². The first kappa shape index (κ1) is 24.7. The van der Waals surface area contributed by atoms with Gasteiger partial charge in [-0.3, -0.25) is 9.69 Å². The molecule has 0 bridgehead atoms. The van der Waals surface area contributed by atoms with Crippen LogP contribution >= 0.6 is 27.7 Å². The van der Waals surface area contributed by atoms with E-state index in [4.69, 9.17) is 9.47 Å². The number of rotatable bonds is 6. The Labute approximate surface area is 214 Å². The highest BCUT2D eigenvalue weighted by molar-refractivity contribution is 9.10. The molecule has 0 saturated carbocycles. The van der Waals surface area contributed by atoms with Gasteiger partial charge in [-0.15, -0.1) is 0 Å². The Morgan fingerprint density at radius 2 is 1.91 bits per heavy atom. The highest BCUT2D eigenvalue weighted by Gasteiger charge is 2.30. The van der Waals surface area contributed by atoms with E-state index < -0.39 is 5.97 Å². The van der Waals surface area contributed by atoms with Crippen LogP contribution in [0, 0.1) is 5.82 Å². The van der Waals surface area contributed by atoms with Crippen LogP contribution in [0.2, 0.25) is 0 Å². The van der Waals surface area contributed by atoms with Gasteiger partial charge >= 0.3 is 5.97 Å². The van der Waals surface area contributed by atoms with Crippen molar-refractivity contribution in [3.8, 4) is 5.75 Å². The quantitative estimate of drug-likeness (QED) is 0.268. The van der Waals surface area contributed by atoms with Crippen molar-refractivity contribution in [1.82, 2.24) is 4.90 Å². The predicted molar refractivity (Wildman–Crippen MR) is 138 cm³/mol. The van der Waals surface area contributed by atoms with Crippen molar-refractivity contribution in [2.24, 2.45) is 4.99 Å². The van der Waals surface area contributed by atoms with Gasteiger partial charge < -0.3 is 9.47 Å². The van der Waals surface area contributed by atoms with Crippen molar-refractivity contribution in [3.05, 3.63) is 98.6 Å². The second-order valence-electron chi connectivity index (χ2n) is 7.51. The zero-order valence-electron chi connectivity index (χ0n) is 18.8. The number of hydrogen-bond acceptors (Lipinski definition) is 6. The van der Waals surface area contributed by atoms with E-state index in [9.17, 15) is 14.0 Å². The van der Waals surface area contributed by atoms with E-state index in [-0.39, 0.29) is 18.3 Å². The smallest absolute Gasteiger partial charge is 0.337 e. The number of carbonyl (C=O) groups is 2. The van der Waals surface area contributed by atoms with E-state index in [1.165, 1.54) is 35.9 Å². The molecule has 0 radical (unpaired) electrons. The molecule has 35 heavy (non-hydrogen) atoms. The fourth-order valence-electron chi connectivity index (χ4n) is 3.24. The molecule has 0 aromatic heterocycles. The number of thioether (sulfide) groups is 1. The molecular weight excluding hydrogens is 535 g/mol. The van der Waals surface area contributed by atoms with Gasteiger partial charge in [-0.05, 0) is 78.0 Å². The van der Waals surface area contributed by atoms with E-state index in [1.54, 1.807) is 55.6 Å². The number of amides is 1. The third-order valence-corrected chi connectivity index (χ3v) is 6.61. The summed E-state index contributed by atoms with van der Waals surface area (Å²) in [6.07, 6.45) is 1.75. The summed E-state index contributed by atoms with van der Waals surface area (Å²) in [5, 5.41) is 0.504. The number of likely N-dealkylation sites (N-methyl/N-ethyl adjacent to an activating group) is 1. The Morgan fingerprint density at radius 3 is 2.63 bits per heavy atom. The number of aliphatic imine (C=N–C) groups is 1. The van der Waals surface area contributed by atoms with Crippen molar-refractivity contribution < 1.29 is 23.5 Å². The molecule has 1 fully saturated rings. The van der Waals surface area contributed by atoms with E-state index in [0.29, 0.717) is 38.2 Å². The highest BCUT2D eigenvalue weighted by Crippen LogP contribution is 2.35. The number of ether oxygens (including phenoxy) is 2. The van der Waals surface area contributed by atoms with Gasteiger partial charge in [0.2, 0.25) is 0 Å². The van der Waals surface area contributed by atoms with Crippen LogP contribution < -0.4 is 4.74 Å². The minimum atomic E-state index is -0.429. The molecule has 3 aromatic rings. The summed E-state index contributed by atoms with van der Waals surface area (Å²) in [5.74, 6) is -0.394. The van der Waals surface area contributed by atoms with E-state index in [0.717, 1.165) is 4.47 Å². The second-order valence-corrected chi connectivity index (χ2v) is 9.43. The number of carbonyl (C=O) groups excluding carboxylic acids is 2. The highest BCUT2D eigenvalue weighted by atomic mass is 79.9. The monoisotopic (exact) mass is 554 g/mol. The maximum absolute atomic E-state index is 13.5. The number of methoxy groups -OCH3 is 1. The van der Waals surface area contributed by atoms with Crippen LogP contribution in [0.15, 0.2) is 81.1 Å². The SMILES string of the molecule is COC(=O)c1ccc(N=C2SC(=Cc3cc(Br)ccc3OCc3cccc(F)c3)C(=O)N2C)cc1. The topological polar surface area (TPSA) is 68.2 Å². The van der Waals surface area contributed by atoms with Gasteiger partial charge in [0.25, 0.3) is 5.91 Å². The lowest BCUT2D eigenvalue weighted by Crippen LogP contribution is -2.23. The molecule has 1 aliphatic rings. The Bertz CT molecular complexity index is 1340. The van der Waals surface area contributed by atoms with E-state index >= 15 is 0 Å². The van der Waals surface area contributed by atoms with Gasteiger partial charge in [-0.1, -0.05) is 28.1 Å². The van der Waals surface area contributed by atoms with Crippen LogP contribution in [-0.4, -0.2) is 36.1 Å². The van der Waals surface area contributed by atoms with Crippen LogP contribution in [0.4, 0.5) is 10.1 Å². The van der Waals surface area contributed by atoms with Crippen molar-refractivity contribution >= 4 is 56.5 Å². The molecule has 0 N–H and O–H groups in total. The number of halogens is 2. The number of hydrogen-bond donors (Lipinski definition) is 0. The van der Waals surface area contributed by atoms with Gasteiger partial charge in [0.15, 0.2) is 5.17 Å². The van der Waals surface area contributed by atoms with Crippen molar-refractivity contribution in [2.75, 3.05) is 14.2 Å². The minimum absolute atomic E-state index is 0.185. The fourth-order valence-corrected chi connectivity index (χ4v) is 4.60. The molecule has 0 aliphatic carbocycles. The normalized spacial score (nSPS) is 15.7. The zero-order valence-corrected chi connectivity index (χ0v) is 21.2. The molecule has 178 valence electrons. The van der Waals surface area contributed by atoms with Crippen LogP contribution in [0.25, 0.3) is 6.08 Å². The number of amidine groups is 1. The second kappa shape index (κ2) is 10.9. The van der Waals surface area contributed by atoms with Gasteiger partial charge in [0, 0.05) is 17.1 Å². The molecule has 9 heteroatoms. The first-order valence-electron chi connectivity index (χ1n) is 10.5. The summed E-state index contributed by atoms with van der Waals surface area (Å²) in [7, 11) is 2.98. The van der Waals surface area contributed by atoms with Crippen LogP contribution in [-0.2, 0) is 16.1 Å². The van der Waals surface area contributed by atoms with Gasteiger partial charge in [-0.2, -0.15) is 0 Å². The minimum Gasteiger partial charge on any atom is -0.488 e. The van der Waals surface area contributed by atoms with E-state index in [1.807, 2.05) is 12.1 Å². The Kier molecular flexibility index (Phi) is 7.67. The lowest BCUT2D eigenvalue weighted by atomic mass is 10.1.